The Balaban J connectivity index is 1.75. The highest BCUT2D eigenvalue weighted by Crippen LogP contribution is 2.33. The Hall–Kier alpha value is -1.90. The van der Waals surface area contributed by atoms with Crippen LogP contribution in [0.2, 0.25) is 0 Å². The number of rotatable bonds is 6. The minimum absolute atomic E-state index is 0.0234. The van der Waals surface area contributed by atoms with E-state index in [0.29, 0.717) is 70.7 Å². The number of fused-ring (bicyclic) bond motifs is 1. The van der Waals surface area contributed by atoms with Crippen LogP contribution in [0, 0.1) is 11.8 Å². The van der Waals surface area contributed by atoms with Gasteiger partial charge in [0.25, 0.3) is 0 Å². The van der Waals surface area contributed by atoms with Crippen LogP contribution >= 0.6 is 0 Å². The highest BCUT2D eigenvalue weighted by Gasteiger charge is 2.46. The van der Waals surface area contributed by atoms with Crippen LogP contribution in [0.5, 0.6) is 0 Å². The van der Waals surface area contributed by atoms with Crippen molar-refractivity contribution < 1.29 is 28.2 Å². The highest BCUT2D eigenvalue weighted by molar-refractivity contribution is 5.87. The molecule has 3 fully saturated rings. The zero-order valence-corrected chi connectivity index (χ0v) is 22.1. The number of hydrogen-bond donors (Lipinski definition) is 1. The number of likely N-dealkylation sites (tertiary alicyclic amines) is 2. The van der Waals surface area contributed by atoms with Crippen molar-refractivity contribution in [3.63, 3.8) is 0 Å². The first-order valence-electron chi connectivity index (χ1n) is 13.3. The van der Waals surface area contributed by atoms with E-state index in [9.17, 15) is 18.8 Å². The number of hydrogen-bond acceptors (Lipinski definition) is 5. The Morgan fingerprint density at radius 3 is 2.54 bits per heavy atom. The molecule has 9 heteroatoms. The molecular weight excluding hydrogens is 453 g/mol. The van der Waals surface area contributed by atoms with Crippen molar-refractivity contribution in [1.82, 2.24) is 15.1 Å². The van der Waals surface area contributed by atoms with Gasteiger partial charge in [0.05, 0.1) is 18.1 Å². The van der Waals surface area contributed by atoms with E-state index in [1.165, 1.54) is 0 Å². The lowest BCUT2D eigenvalue weighted by Crippen LogP contribution is -2.60. The van der Waals surface area contributed by atoms with Crippen LogP contribution < -0.4 is 5.32 Å². The van der Waals surface area contributed by atoms with Crippen LogP contribution in [0.4, 0.5) is 9.18 Å². The summed E-state index contributed by atoms with van der Waals surface area (Å²) in [5, 5.41) is 2.80. The van der Waals surface area contributed by atoms with Gasteiger partial charge in [-0.2, -0.15) is 0 Å². The molecule has 0 bridgehead atoms. The lowest BCUT2D eigenvalue weighted by Gasteiger charge is -2.43. The van der Waals surface area contributed by atoms with E-state index in [4.69, 9.17) is 9.47 Å². The molecule has 3 saturated heterocycles. The van der Waals surface area contributed by atoms with Crippen molar-refractivity contribution in [3.8, 4) is 0 Å². The lowest BCUT2D eigenvalue weighted by molar-refractivity contribution is -0.148. The Labute approximate surface area is 209 Å². The van der Waals surface area contributed by atoms with Crippen molar-refractivity contribution in [1.29, 1.82) is 0 Å². The van der Waals surface area contributed by atoms with Crippen molar-refractivity contribution in [2.45, 2.75) is 110 Å². The summed E-state index contributed by atoms with van der Waals surface area (Å²) in [5.41, 5.74) is -0.672. The minimum atomic E-state index is -0.861. The number of nitrogens with one attached hydrogen (secondary N) is 1. The minimum Gasteiger partial charge on any atom is -0.444 e. The summed E-state index contributed by atoms with van der Waals surface area (Å²) < 4.78 is 25.2. The van der Waals surface area contributed by atoms with Crippen LogP contribution in [0.25, 0.3) is 0 Å². The Kier molecular flexibility index (Phi) is 9.40. The summed E-state index contributed by atoms with van der Waals surface area (Å²) >= 11 is 0. The monoisotopic (exact) mass is 497 g/mol. The molecule has 0 radical (unpaired) electrons. The van der Waals surface area contributed by atoms with Crippen LogP contribution in [0.15, 0.2) is 0 Å². The maximum absolute atomic E-state index is 13.8. The smallest absolute Gasteiger partial charge is 0.408 e. The molecule has 0 aromatic heterocycles. The SMILES string of the molecule is CC(C)CCC(NC(=O)OC(C)(C)C)C(=O)N1C[C@H](C(=O)N2CCC[C@H](F)CC2)C[C@H]2OCC[C@@H]21. The normalized spacial score (nSPS) is 28.3. The zero-order valence-electron chi connectivity index (χ0n) is 22.1. The van der Waals surface area contributed by atoms with Crippen LogP contribution in [0.1, 0.15) is 79.6 Å². The van der Waals surface area contributed by atoms with Gasteiger partial charge >= 0.3 is 6.09 Å². The fourth-order valence-electron chi connectivity index (χ4n) is 5.32. The van der Waals surface area contributed by atoms with Gasteiger partial charge in [-0.25, -0.2) is 9.18 Å². The molecule has 0 aromatic carbocycles. The van der Waals surface area contributed by atoms with Gasteiger partial charge in [-0.15, -0.1) is 0 Å². The van der Waals surface area contributed by atoms with E-state index in [0.717, 1.165) is 6.42 Å². The van der Waals surface area contributed by atoms with Gasteiger partial charge in [-0.3, -0.25) is 9.59 Å². The van der Waals surface area contributed by atoms with Crippen molar-refractivity contribution in [2.24, 2.45) is 11.8 Å². The van der Waals surface area contributed by atoms with Crippen molar-refractivity contribution in [3.05, 3.63) is 0 Å². The number of halogens is 1. The molecule has 3 rings (SSSR count). The number of piperidine rings is 1. The predicted molar refractivity (Wildman–Crippen MR) is 131 cm³/mol. The number of carbonyl (C=O) groups is 3. The summed E-state index contributed by atoms with van der Waals surface area (Å²) in [6.07, 6.45) is 2.37. The van der Waals surface area contributed by atoms with E-state index in [2.05, 4.69) is 19.2 Å². The topological polar surface area (TPSA) is 88.2 Å². The van der Waals surface area contributed by atoms with E-state index in [1.807, 2.05) is 0 Å². The van der Waals surface area contributed by atoms with E-state index < -0.39 is 23.9 Å². The maximum Gasteiger partial charge on any atom is 0.408 e. The molecule has 3 aliphatic rings. The maximum atomic E-state index is 13.8. The third-order valence-corrected chi connectivity index (χ3v) is 7.13. The molecule has 0 saturated carbocycles. The van der Waals surface area contributed by atoms with Gasteiger partial charge in [-0.1, -0.05) is 13.8 Å². The quantitative estimate of drug-likeness (QED) is 0.605. The third kappa shape index (κ3) is 7.79. The average molecular weight is 498 g/mol. The first kappa shape index (κ1) is 27.7. The number of alkyl carbamates (subject to hydrolysis) is 1. The number of nitrogens with zero attached hydrogens (tertiary/aromatic N) is 2. The van der Waals surface area contributed by atoms with Crippen molar-refractivity contribution >= 4 is 17.9 Å². The fourth-order valence-corrected chi connectivity index (χ4v) is 5.32. The molecule has 3 heterocycles. The van der Waals surface area contributed by atoms with Gasteiger partial charge < -0.3 is 24.6 Å². The molecule has 0 aromatic rings. The van der Waals surface area contributed by atoms with E-state index >= 15 is 0 Å². The largest absolute Gasteiger partial charge is 0.444 e. The number of ether oxygens (including phenoxy) is 2. The second-order valence-electron chi connectivity index (χ2n) is 11.7. The molecule has 1 unspecified atom stereocenters. The standard InChI is InChI=1S/C26H44FN3O5/c1-17(2)8-9-20(28-25(33)35-26(3,4)5)24(32)30-16-18(15-22-21(30)11-14-34-22)23(31)29-12-6-7-19(27)10-13-29/h17-22H,6-16H2,1-5H3,(H,28,33)/t18-,19+,20?,21+,22-/m1/s1. The number of alkyl halides is 1. The van der Waals surface area contributed by atoms with Gasteiger partial charge in [0.2, 0.25) is 11.8 Å². The summed E-state index contributed by atoms with van der Waals surface area (Å²) in [7, 11) is 0. The second kappa shape index (κ2) is 11.9. The molecular formula is C26H44FN3O5. The van der Waals surface area contributed by atoms with Crippen LogP contribution in [-0.4, -0.2) is 83.9 Å². The predicted octanol–water partition coefficient (Wildman–Crippen LogP) is 3.67. The Morgan fingerprint density at radius 2 is 1.86 bits per heavy atom. The van der Waals surface area contributed by atoms with Gasteiger partial charge in [0.1, 0.15) is 17.8 Å². The highest BCUT2D eigenvalue weighted by atomic mass is 19.1. The molecule has 3 amide bonds. The molecule has 3 aliphatic heterocycles. The molecule has 5 atom stereocenters. The average Bonchev–Trinajstić information content (AvgIpc) is 3.14. The summed E-state index contributed by atoms with van der Waals surface area (Å²) in [6.45, 7) is 11.3. The number of amides is 3. The fraction of sp³-hybridized carbons (Fsp3) is 0.885. The van der Waals surface area contributed by atoms with E-state index in [-0.39, 0.29) is 29.9 Å². The summed E-state index contributed by atoms with van der Waals surface area (Å²) in [4.78, 5) is 43.3. The Morgan fingerprint density at radius 1 is 1.11 bits per heavy atom. The molecule has 8 nitrogen and oxygen atoms in total. The lowest BCUT2D eigenvalue weighted by atomic mass is 9.88. The van der Waals surface area contributed by atoms with Gasteiger partial charge in [0, 0.05) is 26.2 Å². The summed E-state index contributed by atoms with van der Waals surface area (Å²) in [6, 6.07) is -0.833. The molecule has 200 valence electrons. The van der Waals surface area contributed by atoms with Crippen molar-refractivity contribution in [2.75, 3.05) is 26.2 Å². The first-order valence-corrected chi connectivity index (χ1v) is 13.3. The molecule has 0 spiro atoms. The zero-order chi connectivity index (χ0) is 25.8. The molecule has 35 heavy (non-hydrogen) atoms. The third-order valence-electron chi connectivity index (χ3n) is 7.13. The van der Waals surface area contributed by atoms with Crippen LogP contribution in [0.3, 0.4) is 0 Å². The van der Waals surface area contributed by atoms with Gasteiger partial charge in [0.15, 0.2) is 0 Å². The molecule has 0 aliphatic carbocycles. The van der Waals surface area contributed by atoms with E-state index in [1.54, 1.807) is 30.6 Å². The van der Waals surface area contributed by atoms with Gasteiger partial charge in [-0.05, 0) is 71.6 Å². The first-order chi connectivity index (χ1) is 16.4. The van der Waals surface area contributed by atoms with Crippen LogP contribution in [-0.2, 0) is 19.1 Å². The number of carbonyl (C=O) groups excluding carboxylic acids is 3. The molecule has 1 N–H and O–H groups in total. The summed E-state index contributed by atoms with van der Waals surface area (Å²) in [5.74, 6) is -0.230. The second-order valence-corrected chi connectivity index (χ2v) is 11.7. The Bertz CT molecular complexity index is 756.